The zero-order valence-electron chi connectivity index (χ0n) is 14.2. The Morgan fingerprint density at radius 3 is 3.12 bits per heavy atom. The first kappa shape index (κ1) is 17.4. The Bertz CT molecular complexity index is 719. The van der Waals surface area contributed by atoms with Crippen molar-refractivity contribution >= 4 is 5.91 Å². The number of methoxy groups -OCH3 is 1. The van der Waals surface area contributed by atoms with Crippen molar-refractivity contribution in [1.29, 1.82) is 0 Å². The van der Waals surface area contributed by atoms with Crippen LogP contribution in [0.4, 0.5) is 4.39 Å². The van der Waals surface area contributed by atoms with Crippen LogP contribution in [0.1, 0.15) is 30.3 Å². The zero-order valence-corrected chi connectivity index (χ0v) is 14.2. The fourth-order valence-electron chi connectivity index (χ4n) is 3.09. The summed E-state index contributed by atoms with van der Waals surface area (Å²) in [4.78, 5) is 13.9. The summed E-state index contributed by atoms with van der Waals surface area (Å²) in [5, 5.41) is 7.35. The fourth-order valence-corrected chi connectivity index (χ4v) is 3.09. The lowest BCUT2D eigenvalue weighted by atomic mass is 10.1. The summed E-state index contributed by atoms with van der Waals surface area (Å²) in [6.45, 7) is 1.25. The molecule has 3 rings (SSSR count). The number of likely N-dealkylation sites (tertiary alicyclic amines) is 1. The predicted octanol–water partition coefficient (Wildman–Crippen LogP) is 2.48. The maximum Gasteiger partial charge on any atom is 0.249 e. The number of hydrogen-bond acceptors (Lipinski definition) is 4. The van der Waals surface area contributed by atoms with Gasteiger partial charge in [0.05, 0.1) is 18.3 Å². The number of carbonyl (C=O) groups excluding carboxylic acids is 1. The minimum absolute atomic E-state index is 0.00297. The molecule has 2 aromatic rings. The highest BCUT2D eigenvalue weighted by Crippen LogP contribution is 2.31. The second-order valence-corrected chi connectivity index (χ2v) is 6.05. The Morgan fingerprint density at radius 2 is 2.32 bits per heavy atom. The molecule has 1 atom stereocenters. The van der Waals surface area contributed by atoms with Crippen molar-refractivity contribution in [2.45, 2.75) is 25.3 Å². The number of carbonyl (C=O) groups is 1. The lowest BCUT2D eigenvalue weighted by Crippen LogP contribution is -2.33. The molecular formula is C18H22FN3O3. The van der Waals surface area contributed by atoms with Crippen LogP contribution in [0, 0.1) is 5.82 Å². The summed E-state index contributed by atoms with van der Waals surface area (Å²) in [5.74, 6) is 0.180. The van der Waals surface area contributed by atoms with Crippen molar-refractivity contribution in [2.75, 3.05) is 26.9 Å². The SMILES string of the molecule is COCC(=O)N1CCC[C@H]1c1cc(CCOc2cccc(F)c2)[nH]n1. The molecule has 0 radical (unpaired) electrons. The van der Waals surface area contributed by atoms with E-state index in [9.17, 15) is 9.18 Å². The summed E-state index contributed by atoms with van der Waals surface area (Å²) in [7, 11) is 1.52. The van der Waals surface area contributed by atoms with Crippen molar-refractivity contribution in [1.82, 2.24) is 15.1 Å². The monoisotopic (exact) mass is 347 g/mol. The van der Waals surface area contributed by atoms with Gasteiger partial charge < -0.3 is 14.4 Å². The van der Waals surface area contributed by atoms with Crippen LogP contribution >= 0.6 is 0 Å². The summed E-state index contributed by atoms with van der Waals surface area (Å²) in [6, 6.07) is 8.04. The molecule has 1 aromatic heterocycles. The number of nitrogens with zero attached hydrogens (tertiary/aromatic N) is 2. The standard InChI is InChI=1S/C18H22FN3O3/c1-24-12-18(23)22-8-3-6-17(22)16-11-14(20-21-16)7-9-25-15-5-2-4-13(19)10-15/h2,4-5,10-11,17H,3,6-9,12H2,1H3,(H,20,21)/t17-/m0/s1. The van der Waals surface area contributed by atoms with Crippen molar-refractivity contribution in [3.05, 3.63) is 47.5 Å². The van der Waals surface area contributed by atoms with Crippen LogP contribution in [0.5, 0.6) is 5.75 Å². The third kappa shape index (κ3) is 4.36. The van der Waals surface area contributed by atoms with Gasteiger partial charge in [-0.1, -0.05) is 6.07 Å². The highest BCUT2D eigenvalue weighted by molar-refractivity contribution is 5.78. The maximum atomic E-state index is 13.1. The van der Waals surface area contributed by atoms with Gasteiger partial charge in [-0.3, -0.25) is 9.89 Å². The van der Waals surface area contributed by atoms with E-state index in [1.54, 1.807) is 12.1 Å². The number of hydrogen-bond donors (Lipinski definition) is 1. The lowest BCUT2D eigenvalue weighted by molar-refractivity contribution is -0.136. The number of ether oxygens (including phenoxy) is 2. The van der Waals surface area contributed by atoms with Crippen LogP contribution in [0.25, 0.3) is 0 Å². The summed E-state index contributed by atoms with van der Waals surface area (Å²) < 4.78 is 23.6. The number of halogens is 1. The van der Waals surface area contributed by atoms with E-state index in [1.165, 1.54) is 19.2 Å². The molecular weight excluding hydrogens is 325 g/mol. The van der Waals surface area contributed by atoms with E-state index in [2.05, 4.69) is 10.2 Å². The topological polar surface area (TPSA) is 67.4 Å². The normalized spacial score (nSPS) is 17.0. The number of aromatic amines is 1. The molecule has 0 spiro atoms. The minimum Gasteiger partial charge on any atom is -0.493 e. The third-order valence-electron chi connectivity index (χ3n) is 4.27. The summed E-state index contributed by atoms with van der Waals surface area (Å²) in [5.41, 5.74) is 1.79. The lowest BCUT2D eigenvalue weighted by Gasteiger charge is -2.22. The highest BCUT2D eigenvalue weighted by atomic mass is 19.1. The number of nitrogens with one attached hydrogen (secondary N) is 1. The van der Waals surface area contributed by atoms with Gasteiger partial charge in [0.2, 0.25) is 5.91 Å². The van der Waals surface area contributed by atoms with Gasteiger partial charge >= 0.3 is 0 Å². The van der Waals surface area contributed by atoms with Gasteiger partial charge in [0.1, 0.15) is 18.2 Å². The van der Waals surface area contributed by atoms with E-state index < -0.39 is 0 Å². The number of benzene rings is 1. The van der Waals surface area contributed by atoms with Crippen molar-refractivity contribution in [3.63, 3.8) is 0 Å². The largest absolute Gasteiger partial charge is 0.493 e. The number of aromatic nitrogens is 2. The van der Waals surface area contributed by atoms with E-state index >= 15 is 0 Å². The van der Waals surface area contributed by atoms with Crippen molar-refractivity contribution in [3.8, 4) is 5.75 Å². The Kier molecular flexibility index (Phi) is 5.65. The van der Waals surface area contributed by atoms with E-state index in [0.717, 1.165) is 30.8 Å². The number of amides is 1. The predicted molar refractivity (Wildman–Crippen MR) is 89.8 cm³/mol. The average Bonchev–Trinajstić information content (AvgIpc) is 3.24. The van der Waals surface area contributed by atoms with Crippen LogP contribution in [-0.4, -0.2) is 47.9 Å². The van der Waals surface area contributed by atoms with Crippen LogP contribution in [-0.2, 0) is 16.0 Å². The second-order valence-electron chi connectivity index (χ2n) is 6.05. The molecule has 1 aromatic carbocycles. The Hall–Kier alpha value is -2.41. The van der Waals surface area contributed by atoms with Gasteiger partial charge in [-0.2, -0.15) is 5.10 Å². The van der Waals surface area contributed by atoms with Gasteiger partial charge in [-0.25, -0.2) is 4.39 Å². The first-order chi connectivity index (χ1) is 12.2. The van der Waals surface area contributed by atoms with Crippen LogP contribution < -0.4 is 4.74 Å². The molecule has 1 N–H and O–H groups in total. The van der Waals surface area contributed by atoms with Crippen LogP contribution in [0.15, 0.2) is 30.3 Å². The van der Waals surface area contributed by atoms with Gasteiger partial charge in [-0.15, -0.1) is 0 Å². The molecule has 2 heterocycles. The molecule has 7 heteroatoms. The molecule has 134 valence electrons. The van der Waals surface area contributed by atoms with Crippen LogP contribution in [0.2, 0.25) is 0 Å². The van der Waals surface area contributed by atoms with Gasteiger partial charge in [0.25, 0.3) is 0 Å². The molecule has 0 saturated carbocycles. The van der Waals surface area contributed by atoms with Crippen molar-refractivity contribution in [2.24, 2.45) is 0 Å². The molecule has 1 saturated heterocycles. The van der Waals surface area contributed by atoms with Crippen LogP contribution in [0.3, 0.4) is 0 Å². The van der Waals surface area contributed by atoms with Crippen molar-refractivity contribution < 1.29 is 18.7 Å². The third-order valence-corrected chi connectivity index (χ3v) is 4.27. The maximum absolute atomic E-state index is 13.1. The molecule has 1 aliphatic rings. The molecule has 0 bridgehead atoms. The Morgan fingerprint density at radius 1 is 1.44 bits per heavy atom. The summed E-state index contributed by atoms with van der Waals surface area (Å²) in [6.07, 6.45) is 2.49. The van der Waals surface area contributed by atoms with Gasteiger partial charge in [0.15, 0.2) is 0 Å². The Balaban J connectivity index is 1.56. The molecule has 6 nitrogen and oxygen atoms in total. The Labute approximate surface area is 145 Å². The average molecular weight is 347 g/mol. The smallest absolute Gasteiger partial charge is 0.249 e. The zero-order chi connectivity index (χ0) is 17.6. The molecule has 1 fully saturated rings. The molecule has 0 unspecified atom stereocenters. The molecule has 0 aliphatic carbocycles. The number of H-pyrrole nitrogens is 1. The van der Waals surface area contributed by atoms with E-state index in [0.29, 0.717) is 18.8 Å². The molecule has 1 amide bonds. The fraction of sp³-hybridized carbons (Fsp3) is 0.444. The van der Waals surface area contributed by atoms with E-state index in [-0.39, 0.29) is 24.4 Å². The van der Waals surface area contributed by atoms with Gasteiger partial charge in [0, 0.05) is 31.8 Å². The quantitative estimate of drug-likeness (QED) is 0.836. The summed E-state index contributed by atoms with van der Waals surface area (Å²) >= 11 is 0. The van der Waals surface area contributed by atoms with E-state index in [4.69, 9.17) is 9.47 Å². The van der Waals surface area contributed by atoms with Gasteiger partial charge in [-0.05, 0) is 31.0 Å². The second kappa shape index (κ2) is 8.11. The number of rotatable bonds is 7. The first-order valence-electron chi connectivity index (χ1n) is 8.38. The first-order valence-corrected chi connectivity index (χ1v) is 8.38. The highest BCUT2D eigenvalue weighted by Gasteiger charge is 2.31. The minimum atomic E-state index is -0.316. The molecule has 25 heavy (non-hydrogen) atoms. The van der Waals surface area contributed by atoms with E-state index in [1.807, 2.05) is 11.0 Å². The molecule has 1 aliphatic heterocycles.